The molecule has 2 atom stereocenters. The zero-order valence-electron chi connectivity index (χ0n) is 15.5. The molecule has 1 aliphatic rings. The first-order valence-corrected chi connectivity index (χ1v) is 9.41. The van der Waals surface area contributed by atoms with Crippen LogP contribution in [-0.4, -0.2) is 65.0 Å². The zero-order chi connectivity index (χ0) is 18.8. The number of carbonyl (C=O) groups is 1. The Bertz CT molecular complexity index is 913. The standard InChI is InChI=1S/C22H25N3O2/c1-24-11-13-25(14-12-24)20(16-7-3-2-4-8-16)22(27)21(26)18-15-23-19-10-6-5-9-17(18)19/h2-10,15,20,22-23,27H,11-14H2,1H3/t20-,22+/m0/s1. The number of aromatic amines is 1. The van der Waals surface area contributed by atoms with Crippen LogP contribution in [0.25, 0.3) is 10.9 Å². The minimum Gasteiger partial charge on any atom is -0.383 e. The average molecular weight is 363 g/mol. The zero-order valence-corrected chi connectivity index (χ0v) is 15.5. The summed E-state index contributed by atoms with van der Waals surface area (Å²) >= 11 is 0. The van der Waals surface area contributed by atoms with Crippen LogP contribution in [0.5, 0.6) is 0 Å². The van der Waals surface area contributed by atoms with Gasteiger partial charge in [-0.25, -0.2) is 0 Å². The van der Waals surface area contributed by atoms with E-state index < -0.39 is 6.10 Å². The number of piperazine rings is 1. The highest BCUT2D eigenvalue weighted by atomic mass is 16.3. The Morgan fingerprint density at radius 1 is 1.00 bits per heavy atom. The van der Waals surface area contributed by atoms with Gasteiger partial charge in [-0.1, -0.05) is 48.5 Å². The van der Waals surface area contributed by atoms with Crippen LogP contribution in [0.2, 0.25) is 0 Å². The summed E-state index contributed by atoms with van der Waals surface area (Å²) in [6, 6.07) is 17.2. The summed E-state index contributed by atoms with van der Waals surface area (Å²) in [4.78, 5) is 20.9. The van der Waals surface area contributed by atoms with Crippen molar-refractivity contribution in [2.75, 3.05) is 33.2 Å². The van der Waals surface area contributed by atoms with Crippen molar-refractivity contribution in [3.63, 3.8) is 0 Å². The van der Waals surface area contributed by atoms with E-state index in [1.807, 2.05) is 54.6 Å². The van der Waals surface area contributed by atoms with Crippen molar-refractivity contribution in [1.82, 2.24) is 14.8 Å². The number of carbonyl (C=O) groups excluding carboxylic acids is 1. The molecular formula is C22H25N3O2. The van der Waals surface area contributed by atoms with Gasteiger partial charge < -0.3 is 15.0 Å². The lowest BCUT2D eigenvalue weighted by Crippen LogP contribution is -2.50. The number of aliphatic hydroxyl groups excluding tert-OH is 1. The number of Topliss-reactive ketones (excluding diaryl/α,β-unsaturated/α-hetero) is 1. The van der Waals surface area contributed by atoms with E-state index in [1.54, 1.807) is 6.20 Å². The molecule has 0 unspecified atom stereocenters. The molecule has 4 rings (SSSR count). The van der Waals surface area contributed by atoms with Crippen molar-refractivity contribution in [3.05, 3.63) is 71.9 Å². The third-order valence-electron chi connectivity index (χ3n) is 5.49. The second-order valence-corrected chi connectivity index (χ2v) is 7.25. The van der Waals surface area contributed by atoms with E-state index in [9.17, 15) is 9.90 Å². The number of ketones is 1. The van der Waals surface area contributed by atoms with Crippen LogP contribution in [-0.2, 0) is 0 Å². The maximum atomic E-state index is 13.2. The lowest BCUT2D eigenvalue weighted by atomic mass is 9.93. The van der Waals surface area contributed by atoms with Crippen LogP contribution in [0, 0.1) is 0 Å². The van der Waals surface area contributed by atoms with Crippen LogP contribution < -0.4 is 0 Å². The molecule has 1 saturated heterocycles. The number of nitrogens with zero attached hydrogens (tertiary/aromatic N) is 2. The first kappa shape index (κ1) is 17.9. The van der Waals surface area contributed by atoms with E-state index in [2.05, 4.69) is 21.8 Å². The summed E-state index contributed by atoms with van der Waals surface area (Å²) in [5, 5.41) is 12.0. The fraction of sp³-hybridized carbons (Fsp3) is 0.318. The summed E-state index contributed by atoms with van der Waals surface area (Å²) in [6.45, 7) is 3.51. The largest absolute Gasteiger partial charge is 0.383 e. The van der Waals surface area contributed by atoms with E-state index in [4.69, 9.17) is 0 Å². The smallest absolute Gasteiger partial charge is 0.195 e. The van der Waals surface area contributed by atoms with Crippen LogP contribution >= 0.6 is 0 Å². The summed E-state index contributed by atoms with van der Waals surface area (Å²) < 4.78 is 0. The minimum absolute atomic E-state index is 0.236. The fourth-order valence-electron chi connectivity index (χ4n) is 3.92. The lowest BCUT2D eigenvalue weighted by molar-refractivity contribution is 0.0227. The molecule has 0 spiro atoms. The number of para-hydroxylation sites is 1. The molecule has 1 aliphatic heterocycles. The Hall–Kier alpha value is -2.47. The summed E-state index contributed by atoms with van der Waals surface area (Å²) in [6.07, 6.45) is 0.595. The van der Waals surface area contributed by atoms with Gasteiger partial charge >= 0.3 is 0 Å². The van der Waals surface area contributed by atoms with Crippen molar-refractivity contribution >= 4 is 16.7 Å². The van der Waals surface area contributed by atoms with Gasteiger partial charge in [0.1, 0.15) is 6.10 Å². The van der Waals surface area contributed by atoms with Crippen molar-refractivity contribution < 1.29 is 9.90 Å². The van der Waals surface area contributed by atoms with Gasteiger partial charge in [-0.2, -0.15) is 0 Å². The molecule has 0 bridgehead atoms. The monoisotopic (exact) mass is 363 g/mol. The van der Waals surface area contributed by atoms with Crippen molar-refractivity contribution in [3.8, 4) is 0 Å². The van der Waals surface area contributed by atoms with Gasteiger partial charge in [-0.05, 0) is 18.7 Å². The summed E-state index contributed by atoms with van der Waals surface area (Å²) in [5.41, 5.74) is 2.43. The number of likely N-dealkylation sites (N-methyl/N-ethyl adjacent to an activating group) is 1. The molecule has 2 aromatic carbocycles. The molecule has 5 heteroatoms. The van der Waals surface area contributed by atoms with Crippen LogP contribution in [0.4, 0.5) is 0 Å². The summed E-state index contributed by atoms with van der Waals surface area (Å²) in [5.74, 6) is -0.236. The normalized spacial score (nSPS) is 18.4. The van der Waals surface area contributed by atoms with Crippen molar-refractivity contribution in [2.24, 2.45) is 0 Å². The molecule has 27 heavy (non-hydrogen) atoms. The molecule has 5 nitrogen and oxygen atoms in total. The highest BCUT2D eigenvalue weighted by Gasteiger charge is 2.35. The predicted molar refractivity (Wildman–Crippen MR) is 107 cm³/mol. The molecule has 0 radical (unpaired) electrons. The van der Waals surface area contributed by atoms with Gasteiger partial charge in [-0.3, -0.25) is 9.69 Å². The van der Waals surface area contributed by atoms with Crippen molar-refractivity contribution in [1.29, 1.82) is 0 Å². The molecule has 0 aliphatic carbocycles. The number of hydrogen-bond donors (Lipinski definition) is 2. The lowest BCUT2D eigenvalue weighted by Gasteiger charge is -2.39. The van der Waals surface area contributed by atoms with Gasteiger partial charge in [0, 0.05) is 48.8 Å². The molecule has 140 valence electrons. The SMILES string of the molecule is CN1CCN([C@@H](c2ccccc2)[C@@H](O)C(=O)c2c[nH]c3ccccc23)CC1. The van der Waals surface area contributed by atoms with Gasteiger partial charge in [0.2, 0.25) is 0 Å². The van der Waals surface area contributed by atoms with Gasteiger partial charge in [0.25, 0.3) is 0 Å². The number of fused-ring (bicyclic) bond motifs is 1. The second kappa shape index (κ2) is 7.64. The number of H-pyrrole nitrogens is 1. The van der Waals surface area contributed by atoms with Crippen LogP contribution in [0.3, 0.4) is 0 Å². The number of aliphatic hydroxyl groups is 1. The van der Waals surface area contributed by atoms with Gasteiger partial charge in [0.05, 0.1) is 6.04 Å². The van der Waals surface area contributed by atoms with E-state index in [0.717, 1.165) is 42.6 Å². The molecule has 1 aromatic heterocycles. The van der Waals surface area contributed by atoms with Crippen LogP contribution in [0.1, 0.15) is 22.0 Å². The van der Waals surface area contributed by atoms with E-state index in [1.165, 1.54) is 0 Å². The Morgan fingerprint density at radius 2 is 1.67 bits per heavy atom. The molecule has 2 N–H and O–H groups in total. The number of hydrogen-bond acceptors (Lipinski definition) is 4. The number of benzene rings is 2. The quantitative estimate of drug-likeness (QED) is 0.685. The Balaban J connectivity index is 1.67. The second-order valence-electron chi connectivity index (χ2n) is 7.25. The van der Waals surface area contributed by atoms with E-state index >= 15 is 0 Å². The maximum Gasteiger partial charge on any atom is 0.195 e. The number of aromatic nitrogens is 1. The molecule has 2 heterocycles. The van der Waals surface area contributed by atoms with Crippen molar-refractivity contribution in [2.45, 2.75) is 12.1 Å². The van der Waals surface area contributed by atoms with Gasteiger partial charge in [0.15, 0.2) is 5.78 Å². The van der Waals surface area contributed by atoms with E-state index in [0.29, 0.717) is 5.56 Å². The average Bonchev–Trinajstić information content (AvgIpc) is 3.14. The molecule has 0 saturated carbocycles. The first-order valence-electron chi connectivity index (χ1n) is 9.41. The molecule has 3 aromatic rings. The highest BCUT2D eigenvalue weighted by Crippen LogP contribution is 2.29. The predicted octanol–water partition coefficient (Wildman–Crippen LogP) is 2.70. The maximum absolute atomic E-state index is 13.2. The summed E-state index contributed by atoms with van der Waals surface area (Å²) in [7, 11) is 2.10. The fourth-order valence-corrected chi connectivity index (χ4v) is 3.92. The van der Waals surface area contributed by atoms with Crippen LogP contribution in [0.15, 0.2) is 60.8 Å². The Labute approximate surface area is 159 Å². The number of rotatable bonds is 5. The van der Waals surface area contributed by atoms with Gasteiger partial charge in [-0.15, -0.1) is 0 Å². The third-order valence-corrected chi connectivity index (χ3v) is 5.49. The molecule has 1 fully saturated rings. The molecule has 0 amide bonds. The minimum atomic E-state index is -1.12. The third kappa shape index (κ3) is 3.54. The Morgan fingerprint density at radius 3 is 2.41 bits per heavy atom. The first-order chi connectivity index (χ1) is 13.1. The highest BCUT2D eigenvalue weighted by molar-refractivity contribution is 6.10. The topological polar surface area (TPSA) is 59.6 Å². The molecular weight excluding hydrogens is 338 g/mol. The Kier molecular flexibility index (Phi) is 5.07. The van der Waals surface area contributed by atoms with E-state index in [-0.39, 0.29) is 11.8 Å². The number of nitrogens with one attached hydrogen (secondary N) is 1.